The van der Waals surface area contributed by atoms with Gasteiger partial charge in [-0.15, -0.1) is 6.58 Å². The van der Waals surface area contributed by atoms with Crippen LogP contribution in [-0.4, -0.2) is 71.3 Å². The highest BCUT2D eigenvalue weighted by molar-refractivity contribution is 7.46. The van der Waals surface area contributed by atoms with Crippen molar-refractivity contribution in [1.29, 1.82) is 0 Å². The number of aliphatic hydroxyl groups is 1. The number of anilines is 1. The average molecular weight is 444 g/mol. The fourth-order valence-electron chi connectivity index (χ4n) is 2.95. The van der Waals surface area contributed by atoms with Crippen molar-refractivity contribution in [2.24, 2.45) is 5.73 Å². The van der Waals surface area contributed by atoms with Crippen LogP contribution in [0.1, 0.15) is 12.6 Å². The quantitative estimate of drug-likeness (QED) is 0.180. The minimum absolute atomic E-state index is 0.103. The number of carbonyl (C=O) groups excluding carboxylic acids is 1. The molecule has 0 radical (unpaired) electrons. The van der Waals surface area contributed by atoms with E-state index >= 15 is 0 Å². The van der Waals surface area contributed by atoms with E-state index in [-0.39, 0.29) is 23.4 Å². The molecule has 1 aliphatic heterocycles. The highest BCUT2D eigenvalue weighted by Crippen LogP contribution is 2.39. The second-order valence-corrected chi connectivity index (χ2v) is 7.70. The zero-order chi connectivity index (χ0) is 22.1. The number of aromatic nitrogens is 4. The molecule has 0 aromatic carbocycles. The van der Waals surface area contributed by atoms with E-state index in [1.165, 1.54) is 23.3 Å². The van der Waals surface area contributed by atoms with E-state index in [9.17, 15) is 14.5 Å². The third-order valence-electron chi connectivity index (χ3n) is 4.35. The van der Waals surface area contributed by atoms with Crippen LogP contribution in [0.15, 0.2) is 25.3 Å². The lowest BCUT2D eigenvalue weighted by Crippen LogP contribution is -2.42. The van der Waals surface area contributed by atoms with E-state index in [0.717, 1.165) is 0 Å². The number of hydrogen-bond acceptors (Lipinski definition) is 11. The number of esters is 1. The molecule has 15 heteroatoms. The standard InChI is InChI=1S/C15H21N6O8P/c1-2-3-7(16)15(23)29-11-8(4-27-30(24,25)26)28-14(10(11)22)21-6-20-9-12(17)18-5-19-13(9)21/h2,5-8,10-11,14,22H,1,3-4,16H2,(H2,17,18,19)(H2,24,25,26)/t7?,8-,10-,11-,14-/m1/s1. The number of nitrogen functional groups attached to an aromatic ring is 1. The molecule has 14 nitrogen and oxygen atoms in total. The molecule has 164 valence electrons. The van der Waals surface area contributed by atoms with Crippen LogP contribution in [0.5, 0.6) is 0 Å². The number of phosphoric acid groups is 1. The Labute approximate surface area is 169 Å². The summed E-state index contributed by atoms with van der Waals surface area (Å²) in [5, 5.41) is 10.8. The molecule has 3 rings (SSSR count). The lowest BCUT2D eigenvalue weighted by molar-refractivity contribution is -0.158. The number of ether oxygens (including phenoxy) is 2. The number of carbonyl (C=O) groups is 1. The molecule has 2 aromatic rings. The molecule has 0 amide bonds. The Morgan fingerprint density at radius 2 is 2.17 bits per heavy atom. The van der Waals surface area contributed by atoms with Crippen LogP contribution >= 0.6 is 7.82 Å². The zero-order valence-electron chi connectivity index (χ0n) is 15.5. The van der Waals surface area contributed by atoms with Gasteiger partial charge in [-0.05, 0) is 6.42 Å². The molecule has 1 unspecified atom stereocenters. The van der Waals surface area contributed by atoms with E-state index < -0.39 is 51.0 Å². The largest absolute Gasteiger partial charge is 0.469 e. The molecule has 3 heterocycles. The summed E-state index contributed by atoms with van der Waals surface area (Å²) in [7, 11) is -4.85. The molecule has 0 aliphatic carbocycles. The molecular formula is C15H21N6O8P. The Morgan fingerprint density at radius 1 is 1.43 bits per heavy atom. The first-order chi connectivity index (χ1) is 14.1. The number of aliphatic hydroxyl groups excluding tert-OH is 1. The topological polar surface area (TPSA) is 218 Å². The first-order valence-electron chi connectivity index (χ1n) is 8.66. The Kier molecular flexibility index (Phi) is 6.47. The van der Waals surface area contributed by atoms with Gasteiger partial charge in [0.2, 0.25) is 0 Å². The van der Waals surface area contributed by atoms with Crippen LogP contribution < -0.4 is 11.5 Å². The Hall–Kier alpha value is -2.45. The number of nitrogens with zero attached hydrogens (tertiary/aromatic N) is 4. The van der Waals surface area contributed by atoms with Crippen molar-refractivity contribution in [3.05, 3.63) is 25.3 Å². The maximum absolute atomic E-state index is 12.2. The predicted octanol–water partition coefficient (Wildman–Crippen LogP) is -1.41. The molecule has 0 bridgehead atoms. The smallest absolute Gasteiger partial charge is 0.455 e. The van der Waals surface area contributed by atoms with Gasteiger partial charge in [-0.1, -0.05) is 6.08 Å². The van der Waals surface area contributed by atoms with Gasteiger partial charge in [0.25, 0.3) is 0 Å². The third kappa shape index (κ3) is 4.65. The van der Waals surface area contributed by atoms with Crippen LogP contribution in [0.3, 0.4) is 0 Å². The van der Waals surface area contributed by atoms with Crippen molar-refractivity contribution < 1.29 is 38.3 Å². The number of rotatable bonds is 8. The maximum Gasteiger partial charge on any atom is 0.469 e. The summed E-state index contributed by atoms with van der Waals surface area (Å²) in [6, 6.07) is -1.04. The number of phosphoric ester groups is 1. The summed E-state index contributed by atoms with van der Waals surface area (Å²) in [5.74, 6) is -0.752. The van der Waals surface area contributed by atoms with Crippen molar-refractivity contribution in [3.63, 3.8) is 0 Å². The van der Waals surface area contributed by atoms with Gasteiger partial charge in [0, 0.05) is 0 Å². The van der Waals surface area contributed by atoms with Crippen LogP contribution in [0, 0.1) is 0 Å². The molecule has 0 spiro atoms. The van der Waals surface area contributed by atoms with Crippen LogP contribution in [0.4, 0.5) is 5.82 Å². The second-order valence-electron chi connectivity index (χ2n) is 6.46. The van der Waals surface area contributed by atoms with Crippen LogP contribution in [0.25, 0.3) is 11.2 Å². The summed E-state index contributed by atoms with van der Waals surface area (Å²) in [5.41, 5.74) is 11.9. The van der Waals surface area contributed by atoms with Crippen molar-refractivity contribution in [3.8, 4) is 0 Å². The van der Waals surface area contributed by atoms with Gasteiger partial charge in [0.1, 0.15) is 30.1 Å². The van der Waals surface area contributed by atoms with Crippen molar-refractivity contribution in [2.75, 3.05) is 12.3 Å². The number of fused-ring (bicyclic) bond motifs is 1. The fraction of sp³-hybridized carbons (Fsp3) is 0.467. The molecule has 0 saturated carbocycles. The first-order valence-corrected chi connectivity index (χ1v) is 10.2. The van der Waals surface area contributed by atoms with Crippen LogP contribution in [-0.2, 0) is 23.4 Å². The summed E-state index contributed by atoms with van der Waals surface area (Å²) < 4.78 is 27.8. The van der Waals surface area contributed by atoms with Crippen molar-refractivity contribution in [2.45, 2.75) is 37.0 Å². The lowest BCUT2D eigenvalue weighted by atomic mass is 10.1. The van der Waals surface area contributed by atoms with E-state index in [0.29, 0.717) is 0 Å². The molecule has 1 saturated heterocycles. The van der Waals surface area contributed by atoms with Crippen LogP contribution in [0.2, 0.25) is 0 Å². The normalized spacial score (nSPS) is 25.3. The van der Waals surface area contributed by atoms with E-state index in [1.807, 2.05) is 0 Å². The minimum Gasteiger partial charge on any atom is -0.455 e. The zero-order valence-corrected chi connectivity index (χ0v) is 16.4. The molecule has 1 aliphatic rings. The number of imidazole rings is 1. The van der Waals surface area contributed by atoms with Gasteiger partial charge < -0.3 is 35.8 Å². The monoisotopic (exact) mass is 444 g/mol. The van der Waals surface area contributed by atoms with Gasteiger partial charge in [-0.25, -0.2) is 19.5 Å². The number of hydrogen-bond donors (Lipinski definition) is 5. The summed E-state index contributed by atoms with van der Waals surface area (Å²) in [6.07, 6.45) is -1.19. The third-order valence-corrected chi connectivity index (χ3v) is 4.84. The Bertz CT molecular complexity index is 979. The van der Waals surface area contributed by atoms with E-state index in [4.69, 9.17) is 30.7 Å². The maximum atomic E-state index is 12.2. The SMILES string of the molecule is C=CCC(N)C(=O)O[C@H]1[C@@H](O)[C@H](n2cnc3c(N)ncnc32)O[C@@H]1COP(=O)(O)O. The molecule has 5 atom stereocenters. The second kappa shape index (κ2) is 8.73. The Morgan fingerprint density at radius 3 is 2.83 bits per heavy atom. The molecular weight excluding hydrogens is 423 g/mol. The van der Waals surface area contributed by atoms with Gasteiger partial charge in [0.15, 0.2) is 23.8 Å². The predicted molar refractivity (Wildman–Crippen MR) is 100 cm³/mol. The van der Waals surface area contributed by atoms with Gasteiger partial charge in [-0.2, -0.15) is 0 Å². The minimum atomic E-state index is -4.85. The fourth-order valence-corrected chi connectivity index (χ4v) is 3.29. The molecule has 30 heavy (non-hydrogen) atoms. The highest BCUT2D eigenvalue weighted by atomic mass is 31.2. The molecule has 1 fully saturated rings. The number of nitrogens with two attached hydrogens (primary N) is 2. The summed E-state index contributed by atoms with van der Waals surface area (Å²) in [4.78, 5) is 42.1. The van der Waals surface area contributed by atoms with Gasteiger partial charge in [-0.3, -0.25) is 13.9 Å². The van der Waals surface area contributed by atoms with Gasteiger partial charge >= 0.3 is 13.8 Å². The first kappa shape index (κ1) is 22.2. The average Bonchev–Trinajstić information content (AvgIpc) is 3.22. The Balaban J connectivity index is 1.88. The van der Waals surface area contributed by atoms with E-state index in [2.05, 4.69) is 26.1 Å². The van der Waals surface area contributed by atoms with E-state index in [1.54, 1.807) is 0 Å². The molecule has 7 N–H and O–H groups in total. The highest BCUT2D eigenvalue weighted by Gasteiger charge is 2.48. The summed E-state index contributed by atoms with van der Waals surface area (Å²) >= 11 is 0. The lowest BCUT2D eigenvalue weighted by Gasteiger charge is -2.22. The van der Waals surface area contributed by atoms with Crippen molar-refractivity contribution in [1.82, 2.24) is 19.5 Å². The van der Waals surface area contributed by atoms with Gasteiger partial charge in [0.05, 0.1) is 12.9 Å². The summed E-state index contributed by atoms with van der Waals surface area (Å²) in [6.45, 7) is 2.81. The molecule has 2 aromatic heterocycles. The van der Waals surface area contributed by atoms with Crippen molar-refractivity contribution >= 4 is 30.8 Å².